The van der Waals surface area contributed by atoms with E-state index in [1.165, 1.54) is 11.1 Å². The Morgan fingerprint density at radius 3 is 2.12 bits per heavy atom. The molecule has 0 aliphatic carbocycles. The Kier molecular flexibility index (Phi) is 4.34. The van der Waals surface area contributed by atoms with Gasteiger partial charge >= 0.3 is 0 Å². The third-order valence-electron chi connectivity index (χ3n) is 2.99. The normalized spacial score (nSPS) is 19.8. The molecule has 1 aromatic rings. The Hall–Kier alpha value is -0.900. The highest BCUT2D eigenvalue weighted by molar-refractivity contribution is 5.23. The highest BCUT2D eigenvalue weighted by Crippen LogP contribution is 2.05. The minimum atomic E-state index is 0.974. The minimum absolute atomic E-state index is 0.974. The van der Waals surface area contributed by atoms with Crippen LogP contribution >= 0.6 is 0 Å². The van der Waals surface area contributed by atoms with Gasteiger partial charge in [-0.05, 0) is 18.2 Å². The summed E-state index contributed by atoms with van der Waals surface area (Å²) in [6, 6.07) is 8.80. The number of benzene rings is 1. The second kappa shape index (κ2) is 5.99. The lowest BCUT2D eigenvalue weighted by Crippen LogP contribution is -2.34. The van der Waals surface area contributed by atoms with E-state index in [1.54, 1.807) is 0 Å². The summed E-state index contributed by atoms with van der Waals surface area (Å²) < 4.78 is 0. The molecule has 88 valence electrons. The predicted molar refractivity (Wildman–Crippen MR) is 67.4 cm³/mol. The molecule has 1 aromatic carbocycles. The number of nitrogens with zero attached hydrogens (tertiary/aromatic N) is 1. The van der Waals surface area contributed by atoms with E-state index >= 15 is 0 Å². The number of fused-ring (bicyclic) bond motifs is 2. The zero-order valence-corrected chi connectivity index (χ0v) is 10.00. The molecule has 0 saturated carbocycles. The first-order chi connectivity index (χ1) is 7.84. The maximum atomic E-state index is 3.48. The Labute approximate surface area is 97.8 Å². The standard InChI is InChI=1S/C13H21N3/c1-16-7-5-14-10-12-3-2-4-13(9-12)11-15-6-8-16/h2-4,9,14-15H,5-8,10-11H2,1H3. The summed E-state index contributed by atoms with van der Waals surface area (Å²) in [6.45, 7) is 6.29. The van der Waals surface area contributed by atoms with Crippen molar-refractivity contribution in [3.05, 3.63) is 35.4 Å². The van der Waals surface area contributed by atoms with Gasteiger partial charge in [0.25, 0.3) is 0 Å². The molecule has 1 aliphatic heterocycles. The molecule has 2 N–H and O–H groups in total. The minimum Gasteiger partial charge on any atom is -0.311 e. The average molecular weight is 219 g/mol. The van der Waals surface area contributed by atoms with Crippen molar-refractivity contribution in [2.24, 2.45) is 0 Å². The van der Waals surface area contributed by atoms with Gasteiger partial charge in [0.1, 0.15) is 0 Å². The fraction of sp³-hybridized carbons (Fsp3) is 0.538. The quantitative estimate of drug-likeness (QED) is 0.676. The third kappa shape index (κ3) is 3.59. The van der Waals surface area contributed by atoms with E-state index in [0.717, 1.165) is 39.3 Å². The van der Waals surface area contributed by atoms with Crippen molar-refractivity contribution in [1.82, 2.24) is 15.5 Å². The van der Waals surface area contributed by atoms with Crippen molar-refractivity contribution in [2.75, 3.05) is 33.2 Å². The van der Waals surface area contributed by atoms with E-state index in [2.05, 4.69) is 46.8 Å². The summed E-state index contributed by atoms with van der Waals surface area (Å²) in [5, 5.41) is 6.96. The Bertz CT molecular complexity index is 297. The van der Waals surface area contributed by atoms with E-state index in [-0.39, 0.29) is 0 Å². The second-order valence-electron chi connectivity index (χ2n) is 4.48. The van der Waals surface area contributed by atoms with E-state index in [1.807, 2.05) is 0 Å². The topological polar surface area (TPSA) is 27.3 Å². The summed E-state index contributed by atoms with van der Waals surface area (Å²) in [7, 11) is 2.17. The Morgan fingerprint density at radius 2 is 1.56 bits per heavy atom. The van der Waals surface area contributed by atoms with Gasteiger partial charge in [0.2, 0.25) is 0 Å². The molecule has 0 saturated heterocycles. The fourth-order valence-corrected chi connectivity index (χ4v) is 1.97. The van der Waals surface area contributed by atoms with E-state index in [4.69, 9.17) is 0 Å². The van der Waals surface area contributed by atoms with Gasteiger partial charge in [-0.15, -0.1) is 0 Å². The highest BCUT2D eigenvalue weighted by atomic mass is 15.1. The van der Waals surface area contributed by atoms with Gasteiger partial charge in [-0.3, -0.25) is 0 Å². The zero-order chi connectivity index (χ0) is 11.2. The highest BCUT2D eigenvalue weighted by Gasteiger charge is 2.01. The Balaban J connectivity index is 2.00. The molecular weight excluding hydrogens is 198 g/mol. The van der Waals surface area contributed by atoms with Crippen LogP contribution in [-0.4, -0.2) is 38.1 Å². The van der Waals surface area contributed by atoms with Crippen molar-refractivity contribution in [3.63, 3.8) is 0 Å². The molecule has 1 aliphatic rings. The molecule has 1 heterocycles. The van der Waals surface area contributed by atoms with Crippen LogP contribution in [0.1, 0.15) is 11.1 Å². The first-order valence-electron chi connectivity index (χ1n) is 6.02. The van der Waals surface area contributed by atoms with Crippen LogP contribution in [0.4, 0.5) is 0 Å². The van der Waals surface area contributed by atoms with Crippen molar-refractivity contribution in [3.8, 4) is 0 Å². The van der Waals surface area contributed by atoms with E-state index < -0.39 is 0 Å². The number of hydrogen-bond acceptors (Lipinski definition) is 3. The molecule has 0 amide bonds. The van der Waals surface area contributed by atoms with Gasteiger partial charge < -0.3 is 15.5 Å². The maximum absolute atomic E-state index is 3.48. The van der Waals surface area contributed by atoms with Crippen LogP contribution in [0.3, 0.4) is 0 Å². The molecule has 2 rings (SSSR count). The van der Waals surface area contributed by atoms with E-state index in [0.29, 0.717) is 0 Å². The largest absolute Gasteiger partial charge is 0.311 e. The summed E-state index contributed by atoms with van der Waals surface area (Å²) >= 11 is 0. The molecular formula is C13H21N3. The summed E-state index contributed by atoms with van der Waals surface area (Å²) in [6.07, 6.45) is 0. The van der Waals surface area contributed by atoms with Crippen molar-refractivity contribution in [2.45, 2.75) is 13.1 Å². The number of rotatable bonds is 0. The van der Waals surface area contributed by atoms with Gasteiger partial charge in [0.15, 0.2) is 0 Å². The molecule has 3 heteroatoms. The average Bonchev–Trinajstić information content (AvgIpc) is 2.30. The summed E-state index contributed by atoms with van der Waals surface area (Å²) in [5.41, 5.74) is 2.75. The first kappa shape index (κ1) is 11.6. The lowest BCUT2D eigenvalue weighted by Gasteiger charge is -2.18. The van der Waals surface area contributed by atoms with Crippen LogP contribution < -0.4 is 10.6 Å². The van der Waals surface area contributed by atoms with Gasteiger partial charge in [-0.25, -0.2) is 0 Å². The SMILES string of the molecule is CN1CCNCc2cccc(c2)CNCC1. The molecule has 0 fully saturated rings. The third-order valence-corrected chi connectivity index (χ3v) is 2.99. The van der Waals surface area contributed by atoms with Crippen LogP contribution in [0.25, 0.3) is 0 Å². The van der Waals surface area contributed by atoms with Crippen LogP contribution in [-0.2, 0) is 13.1 Å². The number of likely N-dealkylation sites (N-methyl/N-ethyl adjacent to an activating group) is 1. The summed E-state index contributed by atoms with van der Waals surface area (Å²) in [4.78, 5) is 2.36. The van der Waals surface area contributed by atoms with Crippen molar-refractivity contribution in [1.29, 1.82) is 0 Å². The molecule has 0 spiro atoms. The molecule has 0 atom stereocenters. The van der Waals surface area contributed by atoms with Gasteiger partial charge in [0, 0.05) is 39.3 Å². The van der Waals surface area contributed by atoms with Crippen LogP contribution in [0.2, 0.25) is 0 Å². The number of nitrogens with one attached hydrogen (secondary N) is 2. The van der Waals surface area contributed by atoms with Gasteiger partial charge in [0.05, 0.1) is 0 Å². The molecule has 0 radical (unpaired) electrons. The molecule has 0 unspecified atom stereocenters. The van der Waals surface area contributed by atoms with Crippen molar-refractivity contribution >= 4 is 0 Å². The maximum Gasteiger partial charge on any atom is 0.0206 e. The molecule has 3 nitrogen and oxygen atoms in total. The van der Waals surface area contributed by atoms with E-state index in [9.17, 15) is 0 Å². The smallest absolute Gasteiger partial charge is 0.0206 e. The lowest BCUT2D eigenvalue weighted by molar-refractivity contribution is 0.328. The predicted octanol–water partition coefficient (Wildman–Crippen LogP) is 0.811. The molecule has 0 aromatic heterocycles. The monoisotopic (exact) mass is 219 g/mol. The lowest BCUT2D eigenvalue weighted by atomic mass is 10.1. The van der Waals surface area contributed by atoms with Gasteiger partial charge in [-0.1, -0.05) is 24.3 Å². The second-order valence-corrected chi connectivity index (χ2v) is 4.48. The zero-order valence-electron chi connectivity index (χ0n) is 10.00. The summed E-state index contributed by atoms with van der Waals surface area (Å²) in [5.74, 6) is 0. The van der Waals surface area contributed by atoms with Crippen LogP contribution in [0.5, 0.6) is 0 Å². The van der Waals surface area contributed by atoms with Gasteiger partial charge in [-0.2, -0.15) is 0 Å². The first-order valence-corrected chi connectivity index (χ1v) is 6.02. The molecule has 2 bridgehead atoms. The molecule has 16 heavy (non-hydrogen) atoms. The number of hydrogen-bond donors (Lipinski definition) is 2. The van der Waals surface area contributed by atoms with Crippen molar-refractivity contribution < 1.29 is 0 Å². The fourth-order valence-electron chi connectivity index (χ4n) is 1.97. The van der Waals surface area contributed by atoms with Crippen LogP contribution in [0.15, 0.2) is 24.3 Å². The Morgan fingerprint density at radius 1 is 1.00 bits per heavy atom. The van der Waals surface area contributed by atoms with Crippen LogP contribution in [0, 0.1) is 0 Å².